The summed E-state index contributed by atoms with van der Waals surface area (Å²) < 4.78 is 1.95. The van der Waals surface area contributed by atoms with E-state index in [-0.39, 0.29) is 23.8 Å². The number of nitrogens with zero attached hydrogens (tertiary/aromatic N) is 1. The normalized spacial score (nSPS) is 16.6. The highest BCUT2D eigenvalue weighted by Gasteiger charge is 2.22. The maximum atomic E-state index is 12.9. The number of carbonyl (C=O) groups is 1. The molecule has 6 heteroatoms. The average molecular weight is 382 g/mol. The van der Waals surface area contributed by atoms with Crippen molar-refractivity contribution in [2.75, 3.05) is 13.1 Å². The monoisotopic (exact) mass is 381 g/mol. The number of pyridine rings is 1. The van der Waals surface area contributed by atoms with Gasteiger partial charge in [-0.15, -0.1) is 0 Å². The van der Waals surface area contributed by atoms with Gasteiger partial charge in [-0.2, -0.15) is 0 Å². The number of aromatic nitrogens is 1. The zero-order chi connectivity index (χ0) is 18.8. The van der Waals surface area contributed by atoms with Gasteiger partial charge in [-0.05, 0) is 43.3 Å². The molecule has 1 aliphatic rings. The number of benzene rings is 2. The van der Waals surface area contributed by atoms with E-state index in [1.807, 2.05) is 34.9 Å². The van der Waals surface area contributed by atoms with Crippen molar-refractivity contribution in [2.24, 2.45) is 5.92 Å². The van der Waals surface area contributed by atoms with E-state index in [1.54, 1.807) is 24.4 Å². The predicted octanol–water partition coefficient (Wildman–Crippen LogP) is 2.87. The van der Waals surface area contributed by atoms with E-state index >= 15 is 0 Å². The molecule has 5 nitrogen and oxygen atoms in total. The highest BCUT2D eigenvalue weighted by Crippen LogP contribution is 2.21. The van der Waals surface area contributed by atoms with Gasteiger partial charge in [0.05, 0.1) is 11.4 Å². The van der Waals surface area contributed by atoms with Crippen molar-refractivity contribution in [3.63, 3.8) is 0 Å². The first kappa shape index (κ1) is 17.8. The smallest absolute Gasteiger partial charge is 0.224 e. The lowest BCUT2D eigenvalue weighted by molar-refractivity contribution is -0.124. The zero-order valence-electron chi connectivity index (χ0n) is 14.7. The molecular formula is C21H20ClN3O2. The van der Waals surface area contributed by atoms with Gasteiger partial charge in [0.15, 0.2) is 5.43 Å². The Morgan fingerprint density at radius 1 is 1.22 bits per heavy atom. The number of hydrogen-bond acceptors (Lipinski definition) is 3. The molecule has 2 heterocycles. The molecule has 1 saturated heterocycles. The minimum atomic E-state index is -0.0845. The van der Waals surface area contributed by atoms with Crippen molar-refractivity contribution in [1.82, 2.24) is 15.2 Å². The SMILES string of the molecule is O=C(NCc1cn(-c2ccccc2)c2cc(Cl)ccc2c1=O)C1CCNC1. The molecule has 138 valence electrons. The van der Waals surface area contributed by atoms with Gasteiger partial charge in [0, 0.05) is 40.9 Å². The fourth-order valence-electron chi connectivity index (χ4n) is 3.49. The third-order valence-electron chi connectivity index (χ3n) is 4.96. The Kier molecular flexibility index (Phi) is 4.97. The van der Waals surface area contributed by atoms with Crippen LogP contribution >= 0.6 is 11.6 Å². The summed E-state index contributed by atoms with van der Waals surface area (Å²) in [5.74, 6) is -0.0394. The second kappa shape index (κ2) is 7.55. The molecular weight excluding hydrogens is 362 g/mol. The van der Waals surface area contributed by atoms with Crippen molar-refractivity contribution in [2.45, 2.75) is 13.0 Å². The number of para-hydroxylation sites is 1. The van der Waals surface area contributed by atoms with Crippen molar-refractivity contribution in [1.29, 1.82) is 0 Å². The Labute approximate surface area is 162 Å². The number of rotatable bonds is 4. The van der Waals surface area contributed by atoms with E-state index in [1.165, 1.54) is 0 Å². The lowest BCUT2D eigenvalue weighted by Crippen LogP contribution is -2.33. The van der Waals surface area contributed by atoms with Crippen LogP contribution in [0.15, 0.2) is 59.5 Å². The molecule has 0 bridgehead atoms. The summed E-state index contributed by atoms with van der Waals surface area (Å²) in [6, 6.07) is 15.0. The second-order valence-corrected chi connectivity index (χ2v) is 7.19. The first-order valence-corrected chi connectivity index (χ1v) is 9.39. The van der Waals surface area contributed by atoms with Crippen LogP contribution in [0.25, 0.3) is 16.6 Å². The van der Waals surface area contributed by atoms with Gasteiger partial charge in [-0.3, -0.25) is 9.59 Å². The number of hydrogen-bond donors (Lipinski definition) is 2. The van der Waals surface area contributed by atoms with Crippen LogP contribution in [0.5, 0.6) is 0 Å². The summed E-state index contributed by atoms with van der Waals surface area (Å²) in [5.41, 5.74) is 2.14. The van der Waals surface area contributed by atoms with Crippen LogP contribution in [0.2, 0.25) is 5.02 Å². The van der Waals surface area contributed by atoms with Crippen LogP contribution in [0, 0.1) is 5.92 Å². The molecule has 4 rings (SSSR count). The summed E-state index contributed by atoms with van der Waals surface area (Å²) in [6.07, 6.45) is 2.62. The fraction of sp³-hybridized carbons (Fsp3) is 0.238. The van der Waals surface area contributed by atoms with Gasteiger partial charge in [-0.25, -0.2) is 0 Å². The molecule has 0 saturated carbocycles. The van der Waals surface area contributed by atoms with Gasteiger partial charge in [0.2, 0.25) is 5.91 Å². The van der Waals surface area contributed by atoms with Crippen LogP contribution in [-0.2, 0) is 11.3 Å². The summed E-state index contributed by atoms with van der Waals surface area (Å²) >= 11 is 6.17. The van der Waals surface area contributed by atoms with Crippen molar-refractivity contribution < 1.29 is 4.79 Å². The minimum absolute atomic E-state index is 0.0122. The van der Waals surface area contributed by atoms with Crippen LogP contribution < -0.4 is 16.1 Å². The lowest BCUT2D eigenvalue weighted by Gasteiger charge is -2.15. The number of carbonyl (C=O) groups excluding carboxylic acids is 1. The molecule has 1 fully saturated rings. The standard InChI is InChI=1S/C21H20ClN3O2/c22-16-6-7-18-19(10-16)25(17-4-2-1-3-5-17)13-15(20(18)26)12-24-21(27)14-8-9-23-11-14/h1-7,10,13-14,23H,8-9,11-12H2,(H,24,27). The zero-order valence-corrected chi connectivity index (χ0v) is 15.5. The summed E-state index contributed by atoms with van der Waals surface area (Å²) in [6.45, 7) is 1.76. The minimum Gasteiger partial charge on any atom is -0.352 e. The summed E-state index contributed by atoms with van der Waals surface area (Å²) in [4.78, 5) is 25.3. The largest absolute Gasteiger partial charge is 0.352 e. The molecule has 0 radical (unpaired) electrons. The molecule has 27 heavy (non-hydrogen) atoms. The molecule has 0 aliphatic carbocycles. The van der Waals surface area contributed by atoms with Gasteiger partial charge >= 0.3 is 0 Å². The van der Waals surface area contributed by atoms with Gasteiger partial charge in [-0.1, -0.05) is 29.8 Å². The number of fused-ring (bicyclic) bond motifs is 1. The topological polar surface area (TPSA) is 63.1 Å². The molecule has 1 unspecified atom stereocenters. The van der Waals surface area contributed by atoms with Crippen molar-refractivity contribution in [3.8, 4) is 5.69 Å². The van der Waals surface area contributed by atoms with Gasteiger partial charge in [0.25, 0.3) is 0 Å². The number of amides is 1. The Hall–Kier alpha value is -2.63. The van der Waals surface area contributed by atoms with Gasteiger partial charge < -0.3 is 15.2 Å². The van der Waals surface area contributed by atoms with E-state index in [0.29, 0.717) is 22.5 Å². The maximum absolute atomic E-state index is 12.9. The molecule has 1 amide bonds. The lowest BCUT2D eigenvalue weighted by atomic mass is 10.1. The average Bonchev–Trinajstić information content (AvgIpc) is 3.23. The Morgan fingerprint density at radius 3 is 2.78 bits per heavy atom. The third kappa shape index (κ3) is 3.61. The van der Waals surface area contributed by atoms with Crippen LogP contribution in [0.4, 0.5) is 0 Å². The quantitative estimate of drug-likeness (QED) is 0.730. The van der Waals surface area contributed by atoms with Crippen LogP contribution in [0.1, 0.15) is 12.0 Å². The van der Waals surface area contributed by atoms with Crippen LogP contribution in [0.3, 0.4) is 0 Å². The number of halogens is 1. The number of nitrogens with one attached hydrogen (secondary N) is 2. The fourth-order valence-corrected chi connectivity index (χ4v) is 3.65. The van der Waals surface area contributed by atoms with Crippen LogP contribution in [-0.4, -0.2) is 23.6 Å². The first-order valence-electron chi connectivity index (χ1n) is 9.01. The van der Waals surface area contributed by atoms with E-state index in [4.69, 9.17) is 11.6 Å². The summed E-state index contributed by atoms with van der Waals surface area (Å²) in [5, 5.41) is 7.25. The third-order valence-corrected chi connectivity index (χ3v) is 5.19. The molecule has 1 aromatic heterocycles. The molecule has 0 spiro atoms. The Balaban J connectivity index is 1.74. The van der Waals surface area contributed by atoms with E-state index in [0.717, 1.165) is 24.2 Å². The Morgan fingerprint density at radius 2 is 2.04 bits per heavy atom. The molecule has 2 N–H and O–H groups in total. The molecule has 3 aromatic rings. The second-order valence-electron chi connectivity index (χ2n) is 6.76. The molecule has 1 aliphatic heterocycles. The van der Waals surface area contributed by atoms with E-state index in [2.05, 4.69) is 10.6 Å². The van der Waals surface area contributed by atoms with E-state index in [9.17, 15) is 9.59 Å². The Bertz CT molecular complexity index is 1040. The molecule has 1 atom stereocenters. The highest BCUT2D eigenvalue weighted by atomic mass is 35.5. The van der Waals surface area contributed by atoms with E-state index < -0.39 is 0 Å². The summed E-state index contributed by atoms with van der Waals surface area (Å²) in [7, 11) is 0. The van der Waals surface area contributed by atoms with Gasteiger partial charge in [0.1, 0.15) is 0 Å². The van der Waals surface area contributed by atoms with Crippen molar-refractivity contribution in [3.05, 3.63) is 75.5 Å². The van der Waals surface area contributed by atoms with Crippen molar-refractivity contribution >= 4 is 28.4 Å². The predicted molar refractivity (Wildman–Crippen MR) is 107 cm³/mol. The maximum Gasteiger partial charge on any atom is 0.224 e. The first-order chi connectivity index (χ1) is 13.1. The molecule has 2 aromatic carbocycles. The highest BCUT2D eigenvalue weighted by molar-refractivity contribution is 6.31.